The lowest BCUT2D eigenvalue weighted by atomic mass is 10.00. The Morgan fingerprint density at radius 1 is 1.26 bits per heavy atom. The molecule has 0 unspecified atom stereocenters. The first-order valence-corrected chi connectivity index (χ1v) is 13.3. The summed E-state index contributed by atoms with van der Waals surface area (Å²) in [5, 5.41) is 31.2. The molecule has 2 aromatic heterocycles. The van der Waals surface area contributed by atoms with Gasteiger partial charge in [-0.1, -0.05) is 17.3 Å². The van der Waals surface area contributed by atoms with E-state index in [0.717, 1.165) is 28.8 Å². The van der Waals surface area contributed by atoms with Crippen molar-refractivity contribution in [1.82, 2.24) is 25.2 Å². The van der Waals surface area contributed by atoms with Gasteiger partial charge in [0.25, 0.3) is 5.91 Å². The van der Waals surface area contributed by atoms with Gasteiger partial charge >= 0.3 is 0 Å². The Labute approximate surface area is 236 Å². The molecule has 0 spiro atoms. The standard InChI is InChI=1S/C28H29FN6O2S.ClH/c1-28(2,37)16-35-24-9-8-18(12-23(24)32-33-35)26-21(17-6-7-19(14-30)22(29)11-17)13-25(38-26)27(36)34-10-4-5-20(15-34)31-3;/h6-9,11-13,20,31,37H,4-5,10,15-16H2,1-3H3;1H/t20-;/m1./s1. The van der Waals surface area contributed by atoms with Crippen molar-refractivity contribution in [3.63, 3.8) is 0 Å². The van der Waals surface area contributed by atoms with E-state index in [0.29, 0.717) is 41.2 Å². The van der Waals surface area contributed by atoms with Crippen LogP contribution in [0, 0.1) is 17.1 Å². The van der Waals surface area contributed by atoms with Gasteiger partial charge in [-0.15, -0.1) is 28.8 Å². The number of amides is 1. The van der Waals surface area contributed by atoms with E-state index in [1.165, 1.54) is 23.5 Å². The van der Waals surface area contributed by atoms with E-state index in [2.05, 4.69) is 15.6 Å². The van der Waals surface area contributed by atoms with Gasteiger partial charge < -0.3 is 15.3 Å². The molecule has 0 aliphatic carbocycles. The molecule has 4 aromatic rings. The molecule has 11 heteroatoms. The van der Waals surface area contributed by atoms with Gasteiger partial charge in [0.05, 0.1) is 28.1 Å². The Kier molecular flexibility index (Phi) is 8.37. The maximum absolute atomic E-state index is 14.6. The highest BCUT2D eigenvalue weighted by Gasteiger charge is 2.27. The number of carbonyl (C=O) groups is 1. The second-order valence-corrected chi connectivity index (χ2v) is 11.4. The second-order valence-electron chi connectivity index (χ2n) is 10.3. The third kappa shape index (κ3) is 5.97. The lowest BCUT2D eigenvalue weighted by molar-refractivity contribution is 0.0584. The summed E-state index contributed by atoms with van der Waals surface area (Å²) in [4.78, 5) is 16.8. The molecule has 0 bridgehead atoms. The number of halogens is 2. The Bertz CT molecular complexity index is 1550. The summed E-state index contributed by atoms with van der Waals surface area (Å²) >= 11 is 1.37. The van der Waals surface area contributed by atoms with Crippen molar-refractivity contribution < 1.29 is 14.3 Å². The normalized spacial score (nSPS) is 15.7. The van der Waals surface area contributed by atoms with Crippen molar-refractivity contribution in [3.8, 4) is 27.6 Å². The van der Waals surface area contributed by atoms with Crippen LogP contribution in [-0.2, 0) is 6.54 Å². The van der Waals surface area contributed by atoms with E-state index in [1.54, 1.807) is 24.6 Å². The molecule has 1 aliphatic heterocycles. The number of aromatic nitrogens is 3. The second kappa shape index (κ2) is 11.4. The number of benzene rings is 2. The Morgan fingerprint density at radius 2 is 2.03 bits per heavy atom. The van der Waals surface area contributed by atoms with E-state index in [1.807, 2.05) is 42.3 Å². The number of likely N-dealkylation sites (N-methyl/N-ethyl adjacent to an activating group) is 1. The fraction of sp³-hybridized carbons (Fsp3) is 0.357. The quantitative estimate of drug-likeness (QED) is 0.344. The van der Waals surface area contributed by atoms with Crippen LogP contribution < -0.4 is 5.32 Å². The summed E-state index contributed by atoms with van der Waals surface area (Å²) < 4.78 is 16.3. The van der Waals surface area contributed by atoms with Gasteiger partial charge in [-0.05, 0) is 75.2 Å². The topological polar surface area (TPSA) is 107 Å². The zero-order valence-corrected chi connectivity index (χ0v) is 23.6. The Morgan fingerprint density at radius 3 is 2.72 bits per heavy atom. The maximum Gasteiger partial charge on any atom is 0.264 e. The van der Waals surface area contributed by atoms with E-state index in [9.17, 15) is 19.6 Å². The summed E-state index contributed by atoms with van der Waals surface area (Å²) in [5.74, 6) is -0.651. The average molecular weight is 569 g/mol. The molecule has 1 amide bonds. The zero-order chi connectivity index (χ0) is 27.0. The number of aliphatic hydroxyl groups is 1. The summed E-state index contributed by atoms with van der Waals surface area (Å²) in [6, 6.07) is 14.2. The van der Waals surface area contributed by atoms with Crippen molar-refractivity contribution in [1.29, 1.82) is 5.26 Å². The molecule has 39 heavy (non-hydrogen) atoms. The summed E-state index contributed by atoms with van der Waals surface area (Å²) in [6.07, 6.45) is 1.96. The number of likely N-dealkylation sites (tertiary alicyclic amines) is 1. The van der Waals surface area contributed by atoms with Gasteiger partial charge in [0.1, 0.15) is 17.4 Å². The molecule has 2 aromatic carbocycles. The van der Waals surface area contributed by atoms with Crippen LogP contribution in [0.4, 0.5) is 4.39 Å². The number of carbonyl (C=O) groups excluding carboxylic acids is 1. The fourth-order valence-electron chi connectivity index (χ4n) is 4.85. The minimum Gasteiger partial charge on any atom is -0.389 e. The van der Waals surface area contributed by atoms with Crippen LogP contribution in [0.5, 0.6) is 0 Å². The first kappa shape index (κ1) is 28.6. The minimum atomic E-state index is -0.949. The first-order valence-electron chi connectivity index (χ1n) is 12.5. The molecule has 5 rings (SSSR count). The van der Waals surface area contributed by atoms with E-state index in [4.69, 9.17) is 0 Å². The molecule has 0 saturated carbocycles. The summed E-state index contributed by atoms with van der Waals surface area (Å²) in [6.45, 7) is 5.05. The Balaban J connectivity index is 0.00000353. The number of rotatable bonds is 6. The van der Waals surface area contributed by atoms with Crippen LogP contribution in [-0.4, -0.2) is 62.7 Å². The van der Waals surface area contributed by atoms with Gasteiger partial charge in [-0.3, -0.25) is 4.79 Å². The summed E-state index contributed by atoms with van der Waals surface area (Å²) in [5.41, 5.74) is 2.58. The van der Waals surface area contributed by atoms with Crippen molar-refractivity contribution in [2.75, 3.05) is 20.1 Å². The van der Waals surface area contributed by atoms with Crippen LogP contribution in [0.3, 0.4) is 0 Å². The van der Waals surface area contributed by atoms with Crippen LogP contribution >= 0.6 is 23.7 Å². The third-order valence-corrected chi connectivity index (χ3v) is 7.95. The monoisotopic (exact) mass is 568 g/mol. The lowest BCUT2D eigenvalue weighted by Gasteiger charge is -2.32. The average Bonchev–Trinajstić information content (AvgIpc) is 3.52. The molecule has 2 N–H and O–H groups in total. The zero-order valence-electron chi connectivity index (χ0n) is 21.9. The molecule has 204 valence electrons. The summed E-state index contributed by atoms with van der Waals surface area (Å²) in [7, 11) is 1.91. The van der Waals surface area contributed by atoms with E-state index < -0.39 is 11.4 Å². The predicted octanol–water partition coefficient (Wildman–Crippen LogP) is 4.85. The van der Waals surface area contributed by atoms with E-state index >= 15 is 0 Å². The van der Waals surface area contributed by atoms with Crippen molar-refractivity contribution in [2.45, 2.75) is 44.9 Å². The van der Waals surface area contributed by atoms with Gasteiger partial charge in [0, 0.05) is 29.6 Å². The number of hydrogen-bond donors (Lipinski definition) is 2. The van der Waals surface area contributed by atoms with Gasteiger partial charge in [-0.2, -0.15) is 5.26 Å². The molecule has 1 atom stereocenters. The van der Waals surface area contributed by atoms with Crippen LogP contribution in [0.25, 0.3) is 32.6 Å². The first-order chi connectivity index (χ1) is 18.2. The number of thiophene rings is 1. The Hall–Kier alpha value is -3.36. The van der Waals surface area contributed by atoms with Crippen molar-refractivity contribution in [3.05, 3.63) is 58.7 Å². The number of piperidine rings is 1. The third-order valence-electron chi connectivity index (χ3n) is 6.77. The van der Waals surface area contributed by atoms with Crippen molar-refractivity contribution >= 4 is 40.7 Å². The highest BCUT2D eigenvalue weighted by atomic mass is 35.5. The maximum atomic E-state index is 14.6. The molecule has 3 heterocycles. The molecular formula is C28H30ClFN6O2S. The van der Waals surface area contributed by atoms with Crippen molar-refractivity contribution in [2.24, 2.45) is 0 Å². The highest BCUT2D eigenvalue weighted by molar-refractivity contribution is 7.18. The molecule has 1 aliphatic rings. The van der Waals surface area contributed by atoms with E-state index in [-0.39, 0.29) is 29.9 Å². The number of nitrogens with zero attached hydrogens (tertiary/aromatic N) is 5. The molecular weight excluding hydrogens is 539 g/mol. The van der Waals surface area contributed by atoms with Crippen LogP contribution in [0.15, 0.2) is 42.5 Å². The lowest BCUT2D eigenvalue weighted by Crippen LogP contribution is -2.46. The van der Waals surface area contributed by atoms with Gasteiger partial charge in [-0.25, -0.2) is 9.07 Å². The predicted molar refractivity (Wildman–Crippen MR) is 152 cm³/mol. The smallest absolute Gasteiger partial charge is 0.264 e. The molecule has 1 fully saturated rings. The number of nitrogens with one attached hydrogen (secondary N) is 1. The SMILES string of the molecule is CN[C@@H]1CCCN(C(=O)c2cc(-c3ccc(C#N)c(F)c3)c(-c3ccc4c(c3)nnn4CC(C)(C)O)s2)C1.Cl. The largest absolute Gasteiger partial charge is 0.389 e. The highest BCUT2D eigenvalue weighted by Crippen LogP contribution is 2.41. The van der Waals surface area contributed by atoms with Gasteiger partial charge in [0.15, 0.2) is 0 Å². The van der Waals surface area contributed by atoms with Gasteiger partial charge in [0.2, 0.25) is 0 Å². The number of nitriles is 1. The molecule has 8 nitrogen and oxygen atoms in total. The van der Waals surface area contributed by atoms with Crippen LogP contribution in [0.1, 0.15) is 41.9 Å². The number of fused-ring (bicyclic) bond motifs is 1. The minimum absolute atomic E-state index is 0. The van der Waals surface area contributed by atoms with Crippen LogP contribution in [0.2, 0.25) is 0 Å². The number of hydrogen-bond acceptors (Lipinski definition) is 7. The fourth-order valence-corrected chi connectivity index (χ4v) is 5.99. The molecule has 1 saturated heterocycles. The molecule has 0 radical (unpaired) electrons.